The molecule has 1 aromatic carbocycles. The lowest BCUT2D eigenvalue weighted by Crippen LogP contribution is -2.31. The van der Waals surface area contributed by atoms with Crippen LogP contribution in [0.2, 0.25) is 0 Å². The van der Waals surface area contributed by atoms with Crippen molar-refractivity contribution < 1.29 is 9.13 Å². The number of alkyl halides is 1. The second-order valence-electron chi connectivity index (χ2n) is 4.76. The number of halogens is 1. The van der Waals surface area contributed by atoms with Gasteiger partial charge in [0.1, 0.15) is 6.67 Å². The minimum atomic E-state index is -0.604. The number of hydrogen-bond acceptors (Lipinski definition) is 3. The molecule has 0 aliphatic carbocycles. The van der Waals surface area contributed by atoms with E-state index in [0.29, 0.717) is 0 Å². The van der Waals surface area contributed by atoms with E-state index in [9.17, 15) is 4.39 Å². The first-order valence-corrected chi connectivity index (χ1v) is 6.45. The van der Waals surface area contributed by atoms with Gasteiger partial charge in [0.2, 0.25) is 0 Å². The monoisotopic (exact) mass is 252 g/mol. The maximum absolute atomic E-state index is 12.6. The maximum atomic E-state index is 12.6. The zero-order chi connectivity index (χ0) is 13.0. The number of benzene rings is 1. The number of hydrogen-bond donors (Lipinski definition) is 1. The molecular weight excluding hydrogens is 231 g/mol. The van der Waals surface area contributed by atoms with Gasteiger partial charge in [-0.3, -0.25) is 0 Å². The standard InChI is InChI=1S/C14H21FN2O/c1-18-14(13(16)10-15)11-4-6-12(7-5-11)17-8-2-3-9-17/h4-7,13-14H,2-3,8-10,16H2,1H3/t13-,14-/m1/s1. The minimum absolute atomic E-state index is 0.373. The van der Waals surface area contributed by atoms with E-state index in [1.807, 2.05) is 12.1 Å². The highest BCUT2D eigenvalue weighted by atomic mass is 19.1. The van der Waals surface area contributed by atoms with Crippen LogP contribution in [-0.2, 0) is 4.74 Å². The molecule has 0 unspecified atom stereocenters. The topological polar surface area (TPSA) is 38.5 Å². The molecule has 0 bridgehead atoms. The molecule has 2 atom stereocenters. The Morgan fingerprint density at radius 3 is 2.39 bits per heavy atom. The Hall–Kier alpha value is -1.13. The number of rotatable bonds is 5. The fraction of sp³-hybridized carbons (Fsp3) is 0.571. The number of ether oxygens (including phenoxy) is 1. The molecule has 2 N–H and O–H groups in total. The molecule has 0 amide bonds. The van der Waals surface area contributed by atoms with Gasteiger partial charge in [-0.25, -0.2) is 4.39 Å². The van der Waals surface area contributed by atoms with Crippen LogP contribution in [0.15, 0.2) is 24.3 Å². The maximum Gasteiger partial charge on any atom is 0.107 e. The van der Waals surface area contributed by atoms with Crippen LogP contribution >= 0.6 is 0 Å². The van der Waals surface area contributed by atoms with Crippen molar-refractivity contribution in [2.24, 2.45) is 5.73 Å². The highest BCUT2D eigenvalue weighted by Crippen LogP contribution is 2.25. The zero-order valence-corrected chi connectivity index (χ0v) is 10.8. The van der Waals surface area contributed by atoms with Crippen LogP contribution < -0.4 is 10.6 Å². The second-order valence-corrected chi connectivity index (χ2v) is 4.76. The summed E-state index contributed by atoms with van der Waals surface area (Å²) in [5.41, 5.74) is 7.87. The fourth-order valence-electron chi connectivity index (χ4n) is 2.49. The van der Waals surface area contributed by atoms with E-state index in [4.69, 9.17) is 10.5 Å². The molecule has 0 aromatic heterocycles. The Morgan fingerprint density at radius 2 is 1.89 bits per heavy atom. The van der Waals surface area contributed by atoms with Crippen molar-refractivity contribution in [1.82, 2.24) is 0 Å². The predicted octanol–water partition coefficient (Wildman–Crippen LogP) is 2.27. The Kier molecular flexibility index (Phi) is 4.55. The van der Waals surface area contributed by atoms with Crippen LogP contribution in [0.25, 0.3) is 0 Å². The van der Waals surface area contributed by atoms with Crippen LogP contribution in [0.1, 0.15) is 24.5 Å². The van der Waals surface area contributed by atoms with Crippen molar-refractivity contribution in [2.45, 2.75) is 25.0 Å². The van der Waals surface area contributed by atoms with E-state index in [2.05, 4.69) is 17.0 Å². The number of nitrogens with zero attached hydrogens (tertiary/aromatic N) is 1. The lowest BCUT2D eigenvalue weighted by molar-refractivity contribution is 0.0721. The molecule has 1 heterocycles. The molecule has 0 saturated carbocycles. The summed E-state index contributed by atoms with van der Waals surface area (Å²) in [6, 6.07) is 7.50. The molecule has 1 aliphatic rings. The van der Waals surface area contributed by atoms with Gasteiger partial charge in [-0.2, -0.15) is 0 Å². The van der Waals surface area contributed by atoms with E-state index < -0.39 is 12.7 Å². The summed E-state index contributed by atoms with van der Waals surface area (Å²) in [4.78, 5) is 2.36. The van der Waals surface area contributed by atoms with E-state index in [1.54, 1.807) is 7.11 Å². The number of anilines is 1. The summed E-state index contributed by atoms with van der Waals surface area (Å²) in [5, 5.41) is 0. The Morgan fingerprint density at radius 1 is 1.28 bits per heavy atom. The third-order valence-corrected chi connectivity index (χ3v) is 3.51. The quantitative estimate of drug-likeness (QED) is 0.873. The summed E-state index contributed by atoms with van der Waals surface area (Å²) in [7, 11) is 1.56. The summed E-state index contributed by atoms with van der Waals surface area (Å²) >= 11 is 0. The first-order chi connectivity index (χ1) is 8.76. The molecule has 1 saturated heterocycles. The zero-order valence-electron chi connectivity index (χ0n) is 10.8. The largest absolute Gasteiger partial charge is 0.375 e. The van der Waals surface area contributed by atoms with E-state index >= 15 is 0 Å². The summed E-state index contributed by atoms with van der Waals surface area (Å²) in [5.74, 6) is 0. The van der Waals surface area contributed by atoms with Crippen molar-refractivity contribution in [1.29, 1.82) is 0 Å². The highest BCUT2D eigenvalue weighted by molar-refractivity contribution is 5.48. The summed E-state index contributed by atoms with van der Waals surface area (Å²) < 4.78 is 17.9. The molecule has 4 heteroatoms. The Balaban J connectivity index is 2.10. The van der Waals surface area contributed by atoms with Gasteiger partial charge in [-0.15, -0.1) is 0 Å². The molecule has 0 radical (unpaired) electrons. The van der Waals surface area contributed by atoms with Crippen LogP contribution in [0.4, 0.5) is 10.1 Å². The SMILES string of the molecule is CO[C@H](c1ccc(N2CCCC2)cc1)[C@H](N)CF. The van der Waals surface area contributed by atoms with Crippen molar-refractivity contribution >= 4 is 5.69 Å². The van der Waals surface area contributed by atoms with Crippen molar-refractivity contribution in [3.63, 3.8) is 0 Å². The summed E-state index contributed by atoms with van der Waals surface area (Å²) in [6.07, 6.45) is 2.15. The fourth-order valence-corrected chi connectivity index (χ4v) is 2.49. The van der Waals surface area contributed by atoms with Gasteiger partial charge in [0, 0.05) is 25.9 Å². The van der Waals surface area contributed by atoms with Crippen molar-refractivity contribution in [3.8, 4) is 0 Å². The number of nitrogens with two attached hydrogens (primary N) is 1. The predicted molar refractivity (Wildman–Crippen MR) is 71.6 cm³/mol. The van der Waals surface area contributed by atoms with Crippen molar-refractivity contribution in [2.75, 3.05) is 31.8 Å². The molecule has 2 rings (SSSR count). The van der Waals surface area contributed by atoms with Crippen LogP contribution in [0, 0.1) is 0 Å². The van der Waals surface area contributed by atoms with Gasteiger partial charge in [-0.1, -0.05) is 12.1 Å². The molecular formula is C14H21FN2O. The van der Waals surface area contributed by atoms with Gasteiger partial charge in [-0.05, 0) is 30.5 Å². The molecule has 1 aliphatic heterocycles. The van der Waals surface area contributed by atoms with E-state index in [-0.39, 0.29) is 6.10 Å². The van der Waals surface area contributed by atoms with E-state index in [1.165, 1.54) is 18.5 Å². The highest BCUT2D eigenvalue weighted by Gasteiger charge is 2.20. The first kappa shape index (κ1) is 13.3. The van der Waals surface area contributed by atoms with Gasteiger partial charge >= 0.3 is 0 Å². The summed E-state index contributed by atoms with van der Waals surface area (Å²) in [6.45, 7) is 1.67. The molecule has 1 aromatic rings. The molecule has 1 fully saturated rings. The minimum Gasteiger partial charge on any atom is -0.375 e. The second kappa shape index (κ2) is 6.16. The molecule has 100 valence electrons. The Labute approximate surface area is 108 Å². The van der Waals surface area contributed by atoms with Crippen LogP contribution in [0.5, 0.6) is 0 Å². The molecule has 18 heavy (non-hydrogen) atoms. The first-order valence-electron chi connectivity index (χ1n) is 6.45. The van der Waals surface area contributed by atoms with Gasteiger partial charge in [0.15, 0.2) is 0 Å². The smallest absolute Gasteiger partial charge is 0.107 e. The van der Waals surface area contributed by atoms with Gasteiger partial charge in [0.25, 0.3) is 0 Å². The van der Waals surface area contributed by atoms with Gasteiger partial charge in [0.05, 0.1) is 12.1 Å². The third-order valence-electron chi connectivity index (χ3n) is 3.51. The van der Waals surface area contributed by atoms with Crippen LogP contribution in [0.3, 0.4) is 0 Å². The third kappa shape index (κ3) is 2.82. The normalized spacial score (nSPS) is 18.9. The Bertz CT molecular complexity index is 363. The lowest BCUT2D eigenvalue weighted by Gasteiger charge is -2.22. The number of methoxy groups -OCH3 is 1. The average Bonchev–Trinajstić information content (AvgIpc) is 2.94. The lowest BCUT2D eigenvalue weighted by atomic mass is 10.0. The molecule has 3 nitrogen and oxygen atoms in total. The van der Waals surface area contributed by atoms with Gasteiger partial charge < -0.3 is 15.4 Å². The van der Waals surface area contributed by atoms with Crippen LogP contribution in [-0.4, -0.2) is 32.9 Å². The molecule has 0 spiro atoms. The van der Waals surface area contributed by atoms with Crippen molar-refractivity contribution in [3.05, 3.63) is 29.8 Å². The average molecular weight is 252 g/mol. The van der Waals surface area contributed by atoms with E-state index in [0.717, 1.165) is 18.7 Å².